The zero-order chi connectivity index (χ0) is 61.9. The molecule has 6 rings (SSSR count). The van der Waals surface area contributed by atoms with Crippen LogP contribution in [0.5, 0.6) is 0 Å². The molecule has 0 saturated carbocycles. The summed E-state index contributed by atoms with van der Waals surface area (Å²) in [5, 5.41) is 188. The maximum Gasteiger partial charge on any atom is 0.197 e. The second-order valence-electron chi connectivity index (χ2n) is 24.6. The van der Waals surface area contributed by atoms with Crippen molar-refractivity contribution in [1.29, 1.82) is 0 Å². The minimum atomic E-state index is -2.51. The minimum absolute atomic E-state index is 0.0954. The summed E-state index contributed by atoms with van der Waals surface area (Å²) < 4.78 is 69.8. The van der Waals surface area contributed by atoms with Gasteiger partial charge in [0.2, 0.25) is 0 Å². The molecule has 6 aliphatic rings. The largest absolute Gasteiger partial charge is 0.391 e. The van der Waals surface area contributed by atoms with Crippen molar-refractivity contribution in [3.05, 3.63) is 0 Å². The van der Waals surface area contributed by atoms with E-state index in [1.165, 1.54) is 14.0 Å². The van der Waals surface area contributed by atoms with Gasteiger partial charge in [-0.1, -0.05) is 55.4 Å². The molecule has 488 valence electrons. The van der Waals surface area contributed by atoms with Crippen LogP contribution in [0.25, 0.3) is 0 Å². The molecule has 83 heavy (non-hydrogen) atoms. The Hall–Kier alpha value is -1.16. The van der Waals surface area contributed by atoms with Crippen LogP contribution in [0, 0.1) is 71.0 Å². The highest BCUT2D eigenvalue weighted by molar-refractivity contribution is 5.00. The topological polar surface area (TPSA) is 455 Å². The Morgan fingerprint density at radius 1 is 0.313 bits per heavy atom. The van der Waals surface area contributed by atoms with Crippen molar-refractivity contribution in [3.63, 3.8) is 0 Å². The molecule has 6 aliphatic heterocycles. The third-order valence-electron chi connectivity index (χ3n) is 19.6. The number of ether oxygens (including phenoxy) is 12. The summed E-state index contributed by atoms with van der Waals surface area (Å²) >= 11 is 0. The first-order chi connectivity index (χ1) is 38.8. The van der Waals surface area contributed by atoms with Crippen LogP contribution in [0.1, 0.15) is 55.4 Å². The van der Waals surface area contributed by atoms with Gasteiger partial charge in [-0.25, -0.2) is 0 Å². The van der Waals surface area contributed by atoms with Crippen LogP contribution >= 0.6 is 0 Å². The van der Waals surface area contributed by atoms with Gasteiger partial charge in [-0.05, 0) is 35.5 Å². The third-order valence-corrected chi connectivity index (χ3v) is 19.6. The number of hydrogen-bond donors (Lipinski definition) is 17. The minimum Gasteiger partial charge on any atom is -0.391 e. The monoisotopic (exact) mass is 1210 g/mol. The fourth-order valence-corrected chi connectivity index (χ4v) is 12.9. The van der Waals surface area contributed by atoms with Crippen LogP contribution in [-0.2, 0) is 56.8 Å². The maximum atomic E-state index is 12.7. The van der Waals surface area contributed by atoms with Crippen molar-refractivity contribution in [2.24, 2.45) is 71.0 Å². The molecule has 0 aromatic heterocycles. The van der Waals surface area contributed by atoms with Gasteiger partial charge >= 0.3 is 0 Å². The van der Waals surface area contributed by atoms with Crippen molar-refractivity contribution >= 4 is 0 Å². The molecular weight excluding hydrogens is 1110 g/mol. The van der Waals surface area contributed by atoms with Crippen molar-refractivity contribution < 1.29 is 144 Å². The quantitative estimate of drug-likeness (QED) is 0.0383. The molecule has 29 heteroatoms. The Morgan fingerprint density at radius 3 is 0.880 bits per heavy atom. The lowest BCUT2D eigenvalue weighted by molar-refractivity contribution is -0.407. The molecule has 17 N–H and O–H groups in total. The second-order valence-corrected chi connectivity index (χ2v) is 24.6. The summed E-state index contributed by atoms with van der Waals surface area (Å²) in [6.45, 7) is 4.23. The molecule has 6 heterocycles. The fourth-order valence-electron chi connectivity index (χ4n) is 12.9. The highest BCUT2D eigenvalue weighted by atomic mass is 16.8. The zero-order valence-corrected chi connectivity index (χ0v) is 49.0. The van der Waals surface area contributed by atoms with Crippen LogP contribution < -0.4 is 0 Å². The van der Waals surface area contributed by atoms with Crippen molar-refractivity contribution in [1.82, 2.24) is 0 Å². The van der Waals surface area contributed by atoms with E-state index in [2.05, 4.69) is 0 Å². The Kier molecular flexibility index (Phi) is 24.6. The molecule has 0 spiro atoms. The summed E-state index contributed by atoms with van der Waals surface area (Å²) in [6, 6.07) is 0. The van der Waals surface area contributed by atoms with Crippen molar-refractivity contribution in [2.75, 3.05) is 106 Å². The summed E-state index contributed by atoms with van der Waals surface area (Å²) in [4.78, 5) is 0. The van der Waals surface area contributed by atoms with E-state index in [1.807, 2.05) is 0 Å². The predicted molar refractivity (Wildman–Crippen MR) is 279 cm³/mol. The highest BCUT2D eigenvalue weighted by Crippen LogP contribution is 2.45. The fraction of sp³-hybridized carbons (Fsp3) is 1.00. The molecule has 0 aromatic rings. The number of methoxy groups -OCH3 is 1. The van der Waals surface area contributed by atoms with Gasteiger partial charge in [-0.3, -0.25) is 0 Å². The van der Waals surface area contributed by atoms with E-state index in [-0.39, 0.29) is 33.0 Å². The Bertz CT molecular complexity index is 1990. The summed E-state index contributed by atoms with van der Waals surface area (Å²) in [5.41, 5.74) is 0. The van der Waals surface area contributed by atoms with Crippen LogP contribution in [-0.4, -0.2) is 301 Å². The Balaban J connectivity index is 1.15. The average molecular weight is 1210 g/mol. The van der Waals surface area contributed by atoms with Crippen LogP contribution in [0.3, 0.4) is 0 Å². The Labute approximate surface area is 483 Å². The van der Waals surface area contributed by atoms with Gasteiger partial charge in [0, 0.05) is 42.6 Å². The molecule has 29 nitrogen and oxygen atoms in total. The Morgan fingerprint density at radius 2 is 0.566 bits per heavy atom. The van der Waals surface area contributed by atoms with Crippen molar-refractivity contribution in [3.8, 4) is 0 Å². The SMILES string of the molecule is COC[C@H]1OC(O)(CO)[C@@H](COC[C@H]2OC(O)(CO[C@H]3OC(O)(CO)[C@@H](COC[C@H]4OC(O)(CO)[C@@H](C)[C@@H](C)C4O)[C@@H](C)C3O)[C@@H](COC[C@H]3OC(O)(CO)[C@@H](COC[C@H]4OC(O)(CO)[C@@H](C)[C@@H](C)C4O)[C@@H](C)C3O)[C@@H](C)C2O)[C@@H](C)C1O. The third kappa shape index (κ3) is 14.7. The smallest absolute Gasteiger partial charge is 0.197 e. The van der Waals surface area contributed by atoms with Gasteiger partial charge in [-0.15, -0.1) is 0 Å². The number of aliphatic hydroxyl groups is 17. The summed E-state index contributed by atoms with van der Waals surface area (Å²) in [6.07, 6.45) is -15.5. The first kappa shape index (κ1) is 70.9. The molecule has 0 aliphatic carbocycles. The van der Waals surface area contributed by atoms with Gasteiger partial charge in [-0.2, -0.15) is 0 Å². The normalized spacial score (nSPS) is 50.8. The van der Waals surface area contributed by atoms with Gasteiger partial charge in [0.15, 0.2) is 41.0 Å². The molecule has 12 unspecified atom stereocenters. The lowest BCUT2D eigenvalue weighted by atomic mass is 9.78. The maximum absolute atomic E-state index is 12.7. The average Bonchev–Trinajstić information content (AvgIpc) is 3.57. The van der Waals surface area contributed by atoms with E-state index in [0.717, 1.165) is 0 Å². The van der Waals surface area contributed by atoms with Crippen LogP contribution in [0.4, 0.5) is 0 Å². The molecular formula is C54H98O29. The molecule has 0 bridgehead atoms. The van der Waals surface area contributed by atoms with Gasteiger partial charge in [0.05, 0.1) is 123 Å². The lowest BCUT2D eigenvalue weighted by Gasteiger charge is -2.51. The second kappa shape index (κ2) is 28.8. The van der Waals surface area contributed by atoms with E-state index in [4.69, 9.17) is 56.8 Å². The van der Waals surface area contributed by atoms with Crippen LogP contribution in [0.15, 0.2) is 0 Å². The van der Waals surface area contributed by atoms with E-state index >= 15 is 0 Å². The first-order valence-electron chi connectivity index (χ1n) is 28.8. The van der Waals surface area contributed by atoms with Gasteiger partial charge in [0.25, 0.3) is 0 Å². The predicted octanol–water partition coefficient (Wildman–Crippen LogP) is -6.12. The van der Waals surface area contributed by atoms with Gasteiger partial charge in [0.1, 0.15) is 43.2 Å². The van der Waals surface area contributed by atoms with E-state index < -0.39 is 245 Å². The summed E-state index contributed by atoms with van der Waals surface area (Å²) in [5.74, 6) is -23.9. The van der Waals surface area contributed by atoms with Crippen LogP contribution in [0.2, 0.25) is 0 Å². The highest BCUT2D eigenvalue weighted by Gasteiger charge is 2.59. The summed E-state index contributed by atoms with van der Waals surface area (Å²) in [7, 11) is 1.38. The lowest BCUT2D eigenvalue weighted by Crippen LogP contribution is -2.65. The van der Waals surface area contributed by atoms with Crippen molar-refractivity contribution in [2.45, 2.75) is 164 Å². The molecule has 0 radical (unpaired) electrons. The molecule has 6 fully saturated rings. The number of aliphatic hydroxyl groups excluding tert-OH is 11. The molecule has 0 aromatic carbocycles. The first-order valence-corrected chi connectivity index (χ1v) is 28.8. The molecule has 0 amide bonds. The number of rotatable bonds is 26. The number of hydrogen-bond acceptors (Lipinski definition) is 29. The zero-order valence-electron chi connectivity index (χ0n) is 49.0. The van der Waals surface area contributed by atoms with E-state index in [1.54, 1.807) is 48.5 Å². The molecule has 30 atom stereocenters. The van der Waals surface area contributed by atoms with Gasteiger partial charge < -0.3 is 144 Å². The standard InChI is InChI=1S/C54H98O29/c1-25-31(7)49(66,19-55)78-38(42(25)60)15-73-11-34-28(4)45(63)40(81-52(34,69)22-58)17-76-13-36-29(5)46(64)41(18-74-10-33-27(3)44(62)37(14-72-9)80-51(33,68)21-57)82-54(36,71)24-77-48-47(65)30(6)35(53(70,23-59)83-48)12-75-16-39-43(61)26(2)32(8)50(67,20-56)79-39/h25-48,55-71H,10-24H2,1-9H3/t25-,26-,27-,28-,29-,30-,31+,32+,33+,34+,35+,36+,37-,38-,39-,40-,41-,42?,43?,44?,45?,46?,47?,48+,49?,50?,51?,52?,53?,54?/m1/s1. The molecule has 6 saturated heterocycles. The van der Waals surface area contributed by atoms with E-state index in [0.29, 0.717) is 0 Å². The van der Waals surface area contributed by atoms with E-state index in [9.17, 15) is 86.8 Å².